The Morgan fingerprint density at radius 3 is 2.38 bits per heavy atom. The molecule has 0 aliphatic heterocycles. The van der Waals surface area contributed by atoms with Gasteiger partial charge in [-0.3, -0.25) is 9.78 Å². The van der Waals surface area contributed by atoms with Crippen molar-refractivity contribution in [3.8, 4) is 0 Å². The Bertz CT molecular complexity index is 721. The number of carboxylic acids is 1. The van der Waals surface area contributed by atoms with Gasteiger partial charge in [-0.1, -0.05) is 51.1 Å². The second-order valence-electron chi connectivity index (χ2n) is 6.94. The van der Waals surface area contributed by atoms with Crippen molar-refractivity contribution >= 4 is 11.9 Å². The fraction of sp³-hybridized carbons (Fsp3) is 0.316. The molecule has 24 heavy (non-hydrogen) atoms. The predicted octanol–water partition coefficient (Wildman–Crippen LogP) is 3.47. The molecule has 2 rings (SSSR count). The van der Waals surface area contributed by atoms with Crippen LogP contribution in [0.4, 0.5) is 0 Å². The maximum Gasteiger partial charge on any atom is 0.335 e. The summed E-state index contributed by atoms with van der Waals surface area (Å²) in [5.74, 6) is -1.34. The molecule has 0 aliphatic carbocycles. The number of amides is 1. The Labute approximate surface area is 142 Å². The number of pyridine rings is 1. The van der Waals surface area contributed by atoms with E-state index in [2.05, 4.69) is 25.8 Å². The smallest absolute Gasteiger partial charge is 0.335 e. The molecule has 0 saturated heterocycles. The monoisotopic (exact) mass is 326 g/mol. The molecular formula is C19H22N2O3. The number of hydrogen-bond acceptors (Lipinski definition) is 3. The van der Waals surface area contributed by atoms with E-state index in [1.54, 1.807) is 4.90 Å². The molecular weight excluding hydrogens is 304 g/mol. The molecule has 0 bridgehead atoms. The van der Waals surface area contributed by atoms with Gasteiger partial charge in [0.25, 0.3) is 5.91 Å². The van der Waals surface area contributed by atoms with Crippen LogP contribution in [0.25, 0.3) is 0 Å². The maximum atomic E-state index is 12.9. The first-order chi connectivity index (χ1) is 11.3. The Morgan fingerprint density at radius 1 is 1.12 bits per heavy atom. The molecule has 126 valence electrons. The molecule has 2 aromatic rings. The quantitative estimate of drug-likeness (QED) is 0.913. The van der Waals surface area contributed by atoms with Crippen LogP contribution in [0.3, 0.4) is 0 Å². The predicted molar refractivity (Wildman–Crippen MR) is 91.8 cm³/mol. The van der Waals surface area contributed by atoms with Crippen LogP contribution in [0.15, 0.2) is 48.7 Å². The number of carboxylic acid groups (broad SMARTS) is 1. The highest BCUT2D eigenvalue weighted by atomic mass is 16.4. The van der Waals surface area contributed by atoms with E-state index < -0.39 is 5.97 Å². The summed E-state index contributed by atoms with van der Waals surface area (Å²) in [4.78, 5) is 29.8. The van der Waals surface area contributed by atoms with Crippen molar-refractivity contribution in [2.24, 2.45) is 5.41 Å². The van der Waals surface area contributed by atoms with Crippen LogP contribution >= 0.6 is 0 Å². The lowest BCUT2D eigenvalue weighted by Gasteiger charge is -2.30. The highest BCUT2D eigenvalue weighted by molar-refractivity contribution is 5.95. The van der Waals surface area contributed by atoms with Crippen LogP contribution in [-0.4, -0.2) is 33.4 Å². The first-order valence-electron chi connectivity index (χ1n) is 7.79. The molecule has 1 heterocycles. The number of nitrogens with zero attached hydrogens (tertiary/aromatic N) is 2. The van der Waals surface area contributed by atoms with E-state index in [1.807, 2.05) is 30.3 Å². The number of carbonyl (C=O) groups excluding carboxylic acids is 1. The Morgan fingerprint density at radius 2 is 1.79 bits per heavy atom. The second kappa shape index (κ2) is 7.25. The number of aromatic nitrogens is 1. The largest absolute Gasteiger partial charge is 0.478 e. The Balaban J connectivity index is 2.30. The normalized spacial score (nSPS) is 11.1. The van der Waals surface area contributed by atoms with Gasteiger partial charge < -0.3 is 10.0 Å². The lowest BCUT2D eigenvalue weighted by molar-refractivity contribution is 0.0673. The van der Waals surface area contributed by atoms with E-state index in [1.165, 1.54) is 18.3 Å². The van der Waals surface area contributed by atoms with Gasteiger partial charge in [-0.15, -0.1) is 0 Å². The van der Waals surface area contributed by atoms with Crippen LogP contribution < -0.4 is 0 Å². The zero-order valence-corrected chi connectivity index (χ0v) is 14.2. The average Bonchev–Trinajstić information content (AvgIpc) is 2.53. The van der Waals surface area contributed by atoms with Gasteiger partial charge in [0.05, 0.1) is 5.56 Å². The Hall–Kier alpha value is -2.69. The third-order valence-electron chi connectivity index (χ3n) is 3.39. The van der Waals surface area contributed by atoms with E-state index in [0.29, 0.717) is 13.1 Å². The number of rotatable bonds is 5. The van der Waals surface area contributed by atoms with Crippen molar-refractivity contribution in [2.45, 2.75) is 27.3 Å². The summed E-state index contributed by atoms with van der Waals surface area (Å²) in [5.41, 5.74) is 1.14. The van der Waals surface area contributed by atoms with E-state index in [-0.39, 0.29) is 22.6 Å². The third kappa shape index (κ3) is 4.91. The zero-order valence-electron chi connectivity index (χ0n) is 14.2. The van der Waals surface area contributed by atoms with Gasteiger partial charge in [0.2, 0.25) is 0 Å². The average molecular weight is 326 g/mol. The highest BCUT2D eigenvalue weighted by Gasteiger charge is 2.23. The molecule has 1 amide bonds. The summed E-state index contributed by atoms with van der Waals surface area (Å²) in [6.45, 7) is 7.16. The molecule has 1 aromatic heterocycles. The molecule has 1 N–H and O–H groups in total. The van der Waals surface area contributed by atoms with Crippen LogP contribution in [0.1, 0.15) is 47.2 Å². The number of hydrogen-bond donors (Lipinski definition) is 1. The van der Waals surface area contributed by atoms with E-state index in [9.17, 15) is 9.59 Å². The fourth-order valence-corrected chi connectivity index (χ4v) is 2.42. The van der Waals surface area contributed by atoms with Crippen LogP contribution in [0.2, 0.25) is 0 Å². The molecule has 0 atom stereocenters. The summed E-state index contributed by atoms with van der Waals surface area (Å²) in [7, 11) is 0. The summed E-state index contributed by atoms with van der Waals surface area (Å²) >= 11 is 0. The summed E-state index contributed by atoms with van der Waals surface area (Å²) in [6, 6.07) is 12.4. The minimum Gasteiger partial charge on any atom is -0.478 e. The van der Waals surface area contributed by atoms with Crippen molar-refractivity contribution in [1.82, 2.24) is 9.88 Å². The first kappa shape index (κ1) is 17.7. The van der Waals surface area contributed by atoms with Crippen molar-refractivity contribution in [1.29, 1.82) is 0 Å². The maximum absolute atomic E-state index is 12.9. The minimum absolute atomic E-state index is 0.0590. The van der Waals surface area contributed by atoms with Gasteiger partial charge >= 0.3 is 5.97 Å². The van der Waals surface area contributed by atoms with Gasteiger partial charge in [-0.25, -0.2) is 4.79 Å². The van der Waals surface area contributed by atoms with Crippen molar-refractivity contribution in [3.63, 3.8) is 0 Å². The SMILES string of the molecule is CC(C)(C)CN(Cc1ccccc1)C(=O)c1cc(C(=O)O)ccn1. The number of aromatic carboxylic acids is 1. The molecule has 0 aliphatic rings. The number of carbonyl (C=O) groups is 2. The van der Waals surface area contributed by atoms with Gasteiger partial charge in [0, 0.05) is 19.3 Å². The Kier molecular flexibility index (Phi) is 5.34. The van der Waals surface area contributed by atoms with Crippen molar-refractivity contribution < 1.29 is 14.7 Å². The summed E-state index contributed by atoms with van der Waals surface area (Å²) in [6.07, 6.45) is 1.36. The highest BCUT2D eigenvalue weighted by Crippen LogP contribution is 2.19. The van der Waals surface area contributed by atoms with Gasteiger partial charge in [0.15, 0.2) is 0 Å². The zero-order chi connectivity index (χ0) is 17.7. The molecule has 5 nitrogen and oxygen atoms in total. The minimum atomic E-state index is -1.07. The molecule has 0 unspecified atom stereocenters. The molecule has 0 saturated carbocycles. The fourth-order valence-electron chi connectivity index (χ4n) is 2.42. The lowest BCUT2D eigenvalue weighted by Crippen LogP contribution is -2.37. The van der Waals surface area contributed by atoms with Crippen molar-refractivity contribution in [3.05, 3.63) is 65.5 Å². The van der Waals surface area contributed by atoms with Crippen molar-refractivity contribution in [2.75, 3.05) is 6.54 Å². The first-order valence-corrected chi connectivity index (χ1v) is 7.79. The van der Waals surface area contributed by atoms with Gasteiger partial charge in [-0.05, 0) is 23.1 Å². The lowest BCUT2D eigenvalue weighted by atomic mass is 9.95. The summed E-state index contributed by atoms with van der Waals surface area (Å²) in [5, 5.41) is 9.10. The van der Waals surface area contributed by atoms with Crippen LogP contribution in [-0.2, 0) is 6.54 Å². The molecule has 1 aromatic carbocycles. The third-order valence-corrected chi connectivity index (χ3v) is 3.39. The van der Waals surface area contributed by atoms with E-state index in [4.69, 9.17) is 5.11 Å². The topological polar surface area (TPSA) is 70.5 Å². The molecule has 0 radical (unpaired) electrons. The standard InChI is InChI=1S/C19H22N2O3/c1-19(2,3)13-21(12-14-7-5-4-6-8-14)17(22)16-11-15(18(23)24)9-10-20-16/h4-11H,12-13H2,1-3H3,(H,23,24). The number of benzene rings is 1. The molecule has 5 heteroatoms. The molecule has 0 fully saturated rings. The van der Waals surface area contributed by atoms with Crippen LogP contribution in [0, 0.1) is 5.41 Å². The molecule has 0 spiro atoms. The summed E-state index contributed by atoms with van der Waals surface area (Å²) < 4.78 is 0. The van der Waals surface area contributed by atoms with Gasteiger partial charge in [-0.2, -0.15) is 0 Å². The van der Waals surface area contributed by atoms with Crippen LogP contribution in [0.5, 0.6) is 0 Å². The van der Waals surface area contributed by atoms with Gasteiger partial charge in [0.1, 0.15) is 5.69 Å². The van der Waals surface area contributed by atoms with E-state index >= 15 is 0 Å². The second-order valence-corrected chi connectivity index (χ2v) is 6.94. The van der Waals surface area contributed by atoms with E-state index in [0.717, 1.165) is 5.56 Å².